The van der Waals surface area contributed by atoms with Crippen LogP contribution in [-0.4, -0.2) is 9.55 Å². The topological polar surface area (TPSA) is 34.9 Å². The van der Waals surface area contributed by atoms with E-state index >= 15 is 0 Å². The van der Waals surface area contributed by atoms with Crippen molar-refractivity contribution in [3.05, 3.63) is 27.4 Å². The molecule has 4 heteroatoms. The molecule has 1 unspecified atom stereocenters. The molecule has 1 atom stereocenters. The van der Waals surface area contributed by atoms with Gasteiger partial charge in [-0.15, -0.1) is 0 Å². The molecule has 94 valence electrons. The summed E-state index contributed by atoms with van der Waals surface area (Å²) in [5.41, 5.74) is -0.00477. The van der Waals surface area contributed by atoms with Crippen molar-refractivity contribution in [3.8, 4) is 0 Å². The summed E-state index contributed by atoms with van der Waals surface area (Å²) in [4.78, 5) is 16.3. The molecule has 1 fully saturated rings. The molecule has 1 aromatic heterocycles. The van der Waals surface area contributed by atoms with E-state index in [2.05, 4.69) is 18.8 Å². The zero-order valence-corrected chi connectivity index (χ0v) is 11.2. The Morgan fingerprint density at radius 3 is 2.88 bits per heavy atom. The molecular weight excluding hydrogens is 236 g/mol. The standard InChI is InChI=1S/C13H19ClN2O/c1-3-4-9(2)8-16-12(17)7-11(14)15-13(16)10-5-6-10/h7,9-10H,3-6,8H2,1-2H3. The minimum atomic E-state index is -0.00477. The normalized spacial score (nSPS) is 17.1. The van der Waals surface area contributed by atoms with Crippen LogP contribution in [0.5, 0.6) is 0 Å². The molecule has 0 amide bonds. The number of nitrogens with zero attached hydrogens (tertiary/aromatic N) is 2. The van der Waals surface area contributed by atoms with Gasteiger partial charge in [0.2, 0.25) is 0 Å². The lowest BCUT2D eigenvalue weighted by atomic mass is 10.1. The van der Waals surface area contributed by atoms with Crippen LogP contribution in [0.4, 0.5) is 0 Å². The molecule has 1 heterocycles. The summed E-state index contributed by atoms with van der Waals surface area (Å²) in [6.07, 6.45) is 4.55. The van der Waals surface area contributed by atoms with Gasteiger partial charge in [0, 0.05) is 18.5 Å². The van der Waals surface area contributed by atoms with Gasteiger partial charge in [-0.1, -0.05) is 31.9 Å². The lowest BCUT2D eigenvalue weighted by molar-refractivity contribution is 0.424. The first-order valence-corrected chi connectivity index (χ1v) is 6.77. The molecule has 17 heavy (non-hydrogen) atoms. The summed E-state index contributed by atoms with van der Waals surface area (Å²) in [7, 11) is 0. The van der Waals surface area contributed by atoms with Crippen molar-refractivity contribution in [3.63, 3.8) is 0 Å². The van der Waals surface area contributed by atoms with Crippen LogP contribution < -0.4 is 5.56 Å². The van der Waals surface area contributed by atoms with Gasteiger partial charge in [0.1, 0.15) is 11.0 Å². The maximum absolute atomic E-state index is 12.0. The number of hydrogen-bond donors (Lipinski definition) is 0. The highest BCUT2D eigenvalue weighted by Crippen LogP contribution is 2.39. The smallest absolute Gasteiger partial charge is 0.254 e. The predicted octanol–water partition coefficient (Wildman–Crippen LogP) is 3.21. The zero-order chi connectivity index (χ0) is 12.4. The minimum absolute atomic E-state index is 0.00477. The van der Waals surface area contributed by atoms with Gasteiger partial charge in [-0.05, 0) is 25.2 Å². The second-order valence-corrected chi connectivity index (χ2v) is 5.44. The molecule has 1 saturated carbocycles. The Hall–Kier alpha value is -0.830. The van der Waals surface area contributed by atoms with E-state index in [-0.39, 0.29) is 5.56 Å². The van der Waals surface area contributed by atoms with Gasteiger partial charge >= 0.3 is 0 Å². The van der Waals surface area contributed by atoms with E-state index in [1.165, 1.54) is 6.07 Å². The van der Waals surface area contributed by atoms with Gasteiger partial charge in [0.15, 0.2) is 0 Å². The van der Waals surface area contributed by atoms with E-state index in [9.17, 15) is 4.79 Å². The van der Waals surface area contributed by atoms with Crippen LogP contribution in [0.25, 0.3) is 0 Å². The van der Waals surface area contributed by atoms with Crippen molar-refractivity contribution in [2.45, 2.75) is 52.0 Å². The first-order valence-electron chi connectivity index (χ1n) is 6.39. The van der Waals surface area contributed by atoms with Gasteiger partial charge in [0.25, 0.3) is 5.56 Å². The summed E-state index contributed by atoms with van der Waals surface area (Å²) in [6, 6.07) is 1.42. The third-order valence-electron chi connectivity index (χ3n) is 3.22. The molecule has 0 N–H and O–H groups in total. The van der Waals surface area contributed by atoms with Crippen molar-refractivity contribution in [2.24, 2.45) is 5.92 Å². The van der Waals surface area contributed by atoms with E-state index in [4.69, 9.17) is 11.6 Å². The Bertz CT molecular complexity index is 451. The molecule has 0 aliphatic heterocycles. The molecule has 0 bridgehead atoms. The largest absolute Gasteiger partial charge is 0.296 e. The number of halogens is 1. The second kappa shape index (κ2) is 5.21. The van der Waals surface area contributed by atoms with E-state index in [1.54, 1.807) is 0 Å². The van der Waals surface area contributed by atoms with E-state index in [0.29, 0.717) is 17.0 Å². The van der Waals surface area contributed by atoms with Crippen molar-refractivity contribution in [1.29, 1.82) is 0 Å². The Morgan fingerprint density at radius 1 is 1.59 bits per heavy atom. The average molecular weight is 255 g/mol. The van der Waals surface area contributed by atoms with Crippen LogP contribution >= 0.6 is 11.6 Å². The van der Waals surface area contributed by atoms with Crippen molar-refractivity contribution < 1.29 is 0 Å². The van der Waals surface area contributed by atoms with Crippen LogP contribution in [0.1, 0.15) is 51.3 Å². The summed E-state index contributed by atoms with van der Waals surface area (Å²) in [5, 5.41) is 0.330. The predicted molar refractivity (Wildman–Crippen MR) is 69.6 cm³/mol. The summed E-state index contributed by atoms with van der Waals surface area (Å²) in [6.45, 7) is 5.12. The van der Waals surface area contributed by atoms with E-state index in [0.717, 1.165) is 38.1 Å². The quantitative estimate of drug-likeness (QED) is 0.757. The molecular formula is C13H19ClN2O. The van der Waals surface area contributed by atoms with Crippen molar-refractivity contribution >= 4 is 11.6 Å². The van der Waals surface area contributed by atoms with Crippen molar-refractivity contribution in [1.82, 2.24) is 9.55 Å². The highest BCUT2D eigenvalue weighted by molar-refractivity contribution is 6.29. The molecule has 1 aliphatic rings. The number of hydrogen-bond acceptors (Lipinski definition) is 2. The fraction of sp³-hybridized carbons (Fsp3) is 0.692. The molecule has 0 aromatic carbocycles. The van der Waals surface area contributed by atoms with E-state index in [1.807, 2.05) is 4.57 Å². The lowest BCUT2D eigenvalue weighted by Gasteiger charge is -2.16. The monoisotopic (exact) mass is 254 g/mol. The lowest BCUT2D eigenvalue weighted by Crippen LogP contribution is -2.26. The van der Waals surface area contributed by atoms with Crippen LogP contribution in [0, 0.1) is 5.92 Å². The molecule has 3 nitrogen and oxygen atoms in total. The van der Waals surface area contributed by atoms with Crippen molar-refractivity contribution in [2.75, 3.05) is 0 Å². The molecule has 0 radical (unpaired) electrons. The Morgan fingerprint density at radius 2 is 2.29 bits per heavy atom. The van der Waals surface area contributed by atoms with Gasteiger partial charge in [-0.3, -0.25) is 9.36 Å². The minimum Gasteiger partial charge on any atom is -0.296 e. The van der Waals surface area contributed by atoms with Crippen LogP contribution in [-0.2, 0) is 6.54 Å². The maximum atomic E-state index is 12.0. The first kappa shape index (κ1) is 12.6. The van der Waals surface area contributed by atoms with Gasteiger partial charge < -0.3 is 0 Å². The maximum Gasteiger partial charge on any atom is 0.254 e. The molecule has 1 aliphatic carbocycles. The number of aromatic nitrogens is 2. The number of rotatable bonds is 5. The van der Waals surface area contributed by atoms with E-state index < -0.39 is 0 Å². The van der Waals surface area contributed by atoms with Gasteiger partial charge in [-0.25, -0.2) is 4.98 Å². The summed E-state index contributed by atoms with van der Waals surface area (Å²) in [5.74, 6) is 1.86. The van der Waals surface area contributed by atoms with Crippen LogP contribution in [0.15, 0.2) is 10.9 Å². The zero-order valence-electron chi connectivity index (χ0n) is 10.4. The van der Waals surface area contributed by atoms with Crippen LogP contribution in [0.3, 0.4) is 0 Å². The highest BCUT2D eigenvalue weighted by Gasteiger charge is 2.29. The Labute approximate surface area is 107 Å². The van der Waals surface area contributed by atoms with Gasteiger partial charge in [0.05, 0.1) is 0 Å². The fourth-order valence-corrected chi connectivity index (χ4v) is 2.41. The molecule has 0 spiro atoms. The third kappa shape index (κ3) is 3.09. The Balaban J connectivity index is 2.27. The fourth-order valence-electron chi connectivity index (χ4n) is 2.23. The van der Waals surface area contributed by atoms with Gasteiger partial charge in [-0.2, -0.15) is 0 Å². The SMILES string of the molecule is CCCC(C)Cn1c(C2CC2)nc(Cl)cc1=O. The Kier molecular flexibility index (Phi) is 3.87. The average Bonchev–Trinajstić information content (AvgIpc) is 3.05. The molecule has 1 aromatic rings. The second-order valence-electron chi connectivity index (χ2n) is 5.05. The van der Waals surface area contributed by atoms with Crippen LogP contribution in [0.2, 0.25) is 5.15 Å². The third-order valence-corrected chi connectivity index (χ3v) is 3.42. The summed E-state index contributed by atoms with van der Waals surface area (Å²) < 4.78 is 1.82. The summed E-state index contributed by atoms with van der Waals surface area (Å²) >= 11 is 5.87. The molecule has 2 rings (SSSR count). The first-order chi connectivity index (χ1) is 8.11. The molecule has 0 saturated heterocycles. The highest BCUT2D eigenvalue weighted by atomic mass is 35.5.